The second kappa shape index (κ2) is 6.10. The molecule has 0 radical (unpaired) electrons. The molecule has 0 saturated carbocycles. The fourth-order valence-corrected chi connectivity index (χ4v) is 2.31. The van der Waals surface area contributed by atoms with Gasteiger partial charge < -0.3 is 20.2 Å². The molecule has 0 spiro atoms. The summed E-state index contributed by atoms with van der Waals surface area (Å²) in [5.41, 5.74) is 1.86. The number of para-hydroxylation sites is 1. The zero-order valence-corrected chi connectivity index (χ0v) is 12.5. The highest BCUT2D eigenvalue weighted by Gasteiger charge is 2.15. The van der Waals surface area contributed by atoms with Crippen molar-refractivity contribution in [2.75, 3.05) is 11.9 Å². The second-order valence-electron chi connectivity index (χ2n) is 5.32. The molecule has 1 aromatic heterocycles. The molecule has 6 nitrogen and oxygen atoms in total. The Morgan fingerprint density at radius 1 is 1.09 bits per heavy atom. The number of nitrogens with one attached hydrogen (secondary N) is 2. The SMILES string of the molecule is CC(O)CNC(=O)C(=O)Nc1ccc2c(c1)oc1ccccc12. The fourth-order valence-electron chi connectivity index (χ4n) is 2.31. The van der Waals surface area contributed by atoms with Gasteiger partial charge in [0.05, 0.1) is 6.10 Å². The lowest BCUT2D eigenvalue weighted by molar-refractivity contribution is -0.136. The minimum absolute atomic E-state index is 0.0227. The standard InChI is InChI=1S/C17H16N2O4/c1-10(20)9-18-16(21)17(22)19-11-6-7-13-12-4-2-3-5-14(12)23-15(13)8-11/h2-8,10,20H,9H2,1H3,(H,18,21)(H,19,22). The highest BCUT2D eigenvalue weighted by Crippen LogP contribution is 2.30. The van der Waals surface area contributed by atoms with Crippen molar-refractivity contribution >= 4 is 39.4 Å². The van der Waals surface area contributed by atoms with Gasteiger partial charge in [0.15, 0.2) is 0 Å². The van der Waals surface area contributed by atoms with Crippen LogP contribution in [0.2, 0.25) is 0 Å². The maximum Gasteiger partial charge on any atom is 0.313 e. The molecular formula is C17H16N2O4. The lowest BCUT2D eigenvalue weighted by Gasteiger charge is -2.07. The van der Waals surface area contributed by atoms with Crippen LogP contribution in [0.1, 0.15) is 6.92 Å². The molecule has 0 saturated heterocycles. The number of anilines is 1. The molecule has 0 aliphatic carbocycles. The summed E-state index contributed by atoms with van der Waals surface area (Å²) in [4.78, 5) is 23.4. The van der Waals surface area contributed by atoms with E-state index in [9.17, 15) is 9.59 Å². The molecule has 23 heavy (non-hydrogen) atoms. The third-order valence-electron chi connectivity index (χ3n) is 3.40. The van der Waals surface area contributed by atoms with E-state index in [1.54, 1.807) is 12.1 Å². The average molecular weight is 312 g/mol. The van der Waals surface area contributed by atoms with Gasteiger partial charge in [0.1, 0.15) is 11.2 Å². The van der Waals surface area contributed by atoms with Gasteiger partial charge in [0.2, 0.25) is 0 Å². The number of carbonyl (C=O) groups is 2. The number of benzene rings is 2. The van der Waals surface area contributed by atoms with Crippen LogP contribution in [0.15, 0.2) is 46.9 Å². The van der Waals surface area contributed by atoms with Crippen molar-refractivity contribution in [1.29, 1.82) is 0 Å². The molecule has 6 heteroatoms. The van der Waals surface area contributed by atoms with Crippen LogP contribution in [0.3, 0.4) is 0 Å². The van der Waals surface area contributed by atoms with Gasteiger partial charge in [-0.15, -0.1) is 0 Å². The summed E-state index contributed by atoms with van der Waals surface area (Å²) in [5, 5.41) is 15.9. The first-order valence-corrected chi connectivity index (χ1v) is 7.23. The predicted octanol–water partition coefficient (Wildman–Crippen LogP) is 2.02. The summed E-state index contributed by atoms with van der Waals surface area (Å²) in [7, 11) is 0. The van der Waals surface area contributed by atoms with E-state index in [1.165, 1.54) is 6.92 Å². The monoisotopic (exact) mass is 312 g/mol. The van der Waals surface area contributed by atoms with Gasteiger partial charge in [-0.2, -0.15) is 0 Å². The van der Waals surface area contributed by atoms with Gasteiger partial charge in [-0.05, 0) is 25.1 Å². The Hall–Kier alpha value is -2.86. The number of aliphatic hydroxyl groups is 1. The number of fused-ring (bicyclic) bond motifs is 3. The van der Waals surface area contributed by atoms with Gasteiger partial charge in [-0.1, -0.05) is 18.2 Å². The Kier molecular flexibility index (Phi) is 3.99. The second-order valence-corrected chi connectivity index (χ2v) is 5.32. The molecule has 118 valence electrons. The van der Waals surface area contributed by atoms with E-state index >= 15 is 0 Å². The number of hydrogen-bond donors (Lipinski definition) is 3. The molecule has 2 amide bonds. The molecule has 3 N–H and O–H groups in total. The van der Waals surface area contributed by atoms with Crippen LogP contribution < -0.4 is 10.6 Å². The van der Waals surface area contributed by atoms with Crippen molar-refractivity contribution < 1.29 is 19.1 Å². The maximum absolute atomic E-state index is 11.8. The Balaban J connectivity index is 1.79. The van der Waals surface area contributed by atoms with Crippen molar-refractivity contribution in [2.24, 2.45) is 0 Å². The van der Waals surface area contributed by atoms with Crippen LogP contribution in [-0.4, -0.2) is 29.6 Å². The molecular weight excluding hydrogens is 296 g/mol. The van der Waals surface area contributed by atoms with E-state index < -0.39 is 17.9 Å². The van der Waals surface area contributed by atoms with Crippen LogP contribution in [-0.2, 0) is 9.59 Å². The molecule has 0 aliphatic rings. The van der Waals surface area contributed by atoms with Crippen molar-refractivity contribution in [3.05, 3.63) is 42.5 Å². The zero-order chi connectivity index (χ0) is 16.4. The minimum atomic E-state index is -0.796. The van der Waals surface area contributed by atoms with Crippen molar-refractivity contribution in [2.45, 2.75) is 13.0 Å². The number of amides is 2. The van der Waals surface area contributed by atoms with E-state index in [0.717, 1.165) is 16.4 Å². The van der Waals surface area contributed by atoms with E-state index in [4.69, 9.17) is 9.52 Å². The first kappa shape index (κ1) is 15.1. The zero-order valence-electron chi connectivity index (χ0n) is 12.5. The lowest BCUT2D eigenvalue weighted by Crippen LogP contribution is -2.38. The Labute approximate surface area is 132 Å². The normalized spacial score (nSPS) is 12.3. The molecule has 0 bridgehead atoms. The van der Waals surface area contributed by atoms with Gasteiger partial charge in [-0.25, -0.2) is 0 Å². The van der Waals surface area contributed by atoms with Gasteiger partial charge >= 0.3 is 11.8 Å². The first-order valence-electron chi connectivity index (χ1n) is 7.23. The highest BCUT2D eigenvalue weighted by atomic mass is 16.3. The summed E-state index contributed by atoms with van der Waals surface area (Å²) < 4.78 is 5.73. The number of rotatable bonds is 3. The van der Waals surface area contributed by atoms with Crippen molar-refractivity contribution in [1.82, 2.24) is 5.32 Å². The van der Waals surface area contributed by atoms with Crippen LogP contribution in [0.4, 0.5) is 5.69 Å². The Morgan fingerprint density at radius 2 is 1.83 bits per heavy atom. The summed E-state index contributed by atoms with van der Waals surface area (Å²) in [6, 6.07) is 12.9. The quantitative estimate of drug-likeness (QED) is 0.645. The summed E-state index contributed by atoms with van der Waals surface area (Å²) in [6.45, 7) is 1.54. The van der Waals surface area contributed by atoms with Crippen LogP contribution in [0.5, 0.6) is 0 Å². The number of aliphatic hydroxyl groups excluding tert-OH is 1. The molecule has 0 fully saturated rings. The first-order chi connectivity index (χ1) is 11.0. The molecule has 3 aromatic rings. The van der Waals surface area contributed by atoms with E-state index in [-0.39, 0.29) is 6.54 Å². The van der Waals surface area contributed by atoms with Crippen LogP contribution in [0.25, 0.3) is 21.9 Å². The topological polar surface area (TPSA) is 91.6 Å². The number of carbonyl (C=O) groups excluding carboxylic acids is 2. The Morgan fingerprint density at radius 3 is 2.61 bits per heavy atom. The number of hydrogen-bond acceptors (Lipinski definition) is 4. The molecule has 1 unspecified atom stereocenters. The summed E-state index contributed by atoms with van der Waals surface area (Å²) >= 11 is 0. The largest absolute Gasteiger partial charge is 0.456 e. The predicted molar refractivity (Wildman–Crippen MR) is 87.0 cm³/mol. The van der Waals surface area contributed by atoms with Crippen molar-refractivity contribution in [3.8, 4) is 0 Å². The lowest BCUT2D eigenvalue weighted by atomic mass is 10.1. The summed E-state index contributed by atoms with van der Waals surface area (Å²) in [5.74, 6) is -1.59. The summed E-state index contributed by atoms with van der Waals surface area (Å²) in [6.07, 6.45) is -0.710. The average Bonchev–Trinajstić information content (AvgIpc) is 2.90. The minimum Gasteiger partial charge on any atom is -0.456 e. The highest BCUT2D eigenvalue weighted by molar-refractivity contribution is 6.39. The molecule has 1 atom stereocenters. The van der Waals surface area contributed by atoms with Crippen LogP contribution in [0, 0.1) is 0 Å². The Bertz CT molecular complexity index is 883. The van der Waals surface area contributed by atoms with Gasteiger partial charge in [0.25, 0.3) is 0 Å². The van der Waals surface area contributed by atoms with Crippen molar-refractivity contribution in [3.63, 3.8) is 0 Å². The molecule has 2 aromatic carbocycles. The molecule has 0 aliphatic heterocycles. The number of furan rings is 1. The van der Waals surface area contributed by atoms with Gasteiger partial charge in [-0.3, -0.25) is 9.59 Å². The fraction of sp³-hybridized carbons (Fsp3) is 0.176. The smallest absolute Gasteiger partial charge is 0.313 e. The van der Waals surface area contributed by atoms with E-state index in [2.05, 4.69) is 10.6 Å². The maximum atomic E-state index is 11.8. The van der Waals surface area contributed by atoms with E-state index in [1.807, 2.05) is 30.3 Å². The third-order valence-corrected chi connectivity index (χ3v) is 3.40. The third kappa shape index (κ3) is 3.17. The molecule has 1 heterocycles. The molecule has 3 rings (SSSR count). The van der Waals surface area contributed by atoms with Gasteiger partial charge in [0, 0.05) is 29.1 Å². The van der Waals surface area contributed by atoms with Crippen LogP contribution >= 0.6 is 0 Å². The van der Waals surface area contributed by atoms with E-state index in [0.29, 0.717) is 11.3 Å².